The van der Waals surface area contributed by atoms with Gasteiger partial charge in [0.15, 0.2) is 5.43 Å². The topological polar surface area (TPSA) is 62.6 Å². The van der Waals surface area contributed by atoms with E-state index in [1.165, 1.54) is 0 Å². The summed E-state index contributed by atoms with van der Waals surface area (Å²) >= 11 is 0. The van der Waals surface area contributed by atoms with Crippen LogP contribution in [0.5, 0.6) is 0 Å². The van der Waals surface area contributed by atoms with Gasteiger partial charge in [0.1, 0.15) is 6.54 Å². The number of hydrogen-bond donors (Lipinski definition) is 0. The molecule has 2 aromatic rings. The molecular weight excluding hydrogens is 354 g/mol. The summed E-state index contributed by atoms with van der Waals surface area (Å²) in [5.74, 6) is 0.509. The summed E-state index contributed by atoms with van der Waals surface area (Å²) in [7, 11) is 0. The number of nitrogens with zero attached hydrogens (tertiary/aromatic N) is 3. The Labute approximate surface area is 164 Å². The highest BCUT2D eigenvalue weighted by Crippen LogP contribution is 2.28. The summed E-state index contributed by atoms with van der Waals surface area (Å²) in [6, 6.07) is 9.01. The number of amides is 2. The molecule has 0 atom stereocenters. The fourth-order valence-electron chi connectivity index (χ4n) is 4.20. The molecule has 2 heterocycles. The van der Waals surface area contributed by atoms with Crippen molar-refractivity contribution in [2.45, 2.75) is 39.2 Å². The van der Waals surface area contributed by atoms with Gasteiger partial charge in [0.25, 0.3) is 0 Å². The average Bonchev–Trinajstić information content (AvgIpc) is 2.90. The molecule has 2 aliphatic rings. The Morgan fingerprint density at radius 2 is 1.71 bits per heavy atom. The molecule has 4 rings (SSSR count). The third-order valence-electron chi connectivity index (χ3n) is 6.13. The second-order valence-electron chi connectivity index (χ2n) is 7.94. The number of aryl methyl sites for hydroxylation is 1. The van der Waals surface area contributed by atoms with E-state index in [0.717, 1.165) is 43.4 Å². The van der Waals surface area contributed by atoms with E-state index in [0.29, 0.717) is 25.0 Å². The zero-order chi connectivity index (χ0) is 19.7. The van der Waals surface area contributed by atoms with Crippen molar-refractivity contribution in [3.8, 4) is 0 Å². The summed E-state index contributed by atoms with van der Waals surface area (Å²) in [6.07, 6.45) is 3.99. The van der Waals surface area contributed by atoms with Gasteiger partial charge < -0.3 is 14.4 Å². The van der Waals surface area contributed by atoms with Gasteiger partial charge in [0.05, 0.1) is 5.52 Å². The quantitative estimate of drug-likeness (QED) is 0.819. The number of carbonyl (C=O) groups excluding carboxylic acids is 2. The molecule has 0 spiro atoms. The second kappa shape index (κ2) is 7.78. The van der Waals surface area contributed by atoms with Crippen LogP contribution >= 0.6 is 0 Å². The van der Waals surface area contributed by atoms with Gasteiger partial charge >= 0.3 is 0 Å². The number of para-hydroxylation sites is 1. The van der Waals surface area contributed by atoms with Crippen molar-refractivity contribution in [1.82, 2.24) is 14.4 Å². The van der Waals surface area contributed by atoms with Crippen LogP contribution in [-0.4, -0.2) is 52.4 Å². The van der Waals surface area contributed by atoms with Crippen molar-refractivity contribution in [3.63, 3.8) is 0 Å². The van der Waals surface area contributed by atoms with Crippen LogP contribution in [0.3, 0.4) is 0 Å². The van der Waals surface area contributed by atoms with Gasteiger partial charge in [-0.1, -0.05) is 18.6 Å². The molecular formula is C22H27N3O3. The van der Waals surface area contributed by atoms with E-state index in [9.17, 15) is 14.4 Å². The minimum absolute atomic E-state index is 0.0169. The van der Waals surface area contributed by atoms with Crippen LogP contribution < -0.4 is 5.43 Å². The minimum Gasteiger partial charge on any atom is -0.341 e. The first kappa shape index (κ1) is 18.7. The van der Waals surface area contributed by atoms with Crippen LogP contribution in [0.1, 0.15) is 31.4 Å². The molecule has 1 aliphatic carbocycles. The maximum absolute atomic E-state index is 13.0. The second-order valence-corrected chi connectivity index (χ2v) is 7.94. The third kappa shape index (κ3) is 3.55. The third-order valence-corrected chi connectivity index (χ3v) is 6.13. The Balaban J connectivity index is 1.48. The van der Waals surface area contributed by atoms with E-state index in [1.807, 2.05) is 39.5 Å². The number of pyridine rings is 1. The zero-order valence-electron chi connectivity index (χ0n) is 16.4. The molecule has 0 bridgehead atoms. The van der Waals surface area contributed by atoms with E-state index in [-0.39, 0.29) is 29.7 Å². The molecule has 148 valence electrons. The monoisotopic (exact) mass is 381 g/mol. The Morgan fingerprint density at radius 3 is 2.46 bits per heavy atom. The van der Waals surface area contributed by atoms with E-state index in [4.69, 9.17) is 0 Å². The van der Waals surface area contributed by atoms with Gasteiger partial charge in [0, 0.05) is 49.2 Å². The average molecular weight is 381 g/mol. The molecule has 2 amide bonds. The van der Waals surface area contributed by atoms with Crippen molar-refractivity contribution in [2.24, 2.45) is 5.92 Å². The first-order chi connectivity index (χ1) is 13.5. The number of fused-ring (bicyclic) bond motifs is 1. The first-order valence-corrected chi connectivity index (χ1v) is 10.2. The molecule has 6 heteroatoms. The van der Waals surface area contributed by atoms with Crippen molar-refractivity contribution < 1.29 is 9.59 Å². The fraction of sp³-hybridized carbons (Fsp3) is 0.500. The Hall–Kier alpha value is -2.63. The number of carbonyl (C=O) groups is 2. The maximum atomic E-state index is 13.0. The fourth-order valence-corrected chi connectivity index (χ4v) is 4.20. The van der Waals surface area contributed by atoms with Crippen LogP contribution in [0.25, 0.3) is 10.9 Å². The van der Waals surface area contributed by atoms with E-state index in [2.05, 4.69) is 0 Å². The van der Waals surface area contributed by atoms with Gasteiger partial charge in [-0.25, -0.2) is 0 Å². The summed E-state index contributed by atoms with van der Waals surface area (Å²) < 4.78 is 1.92. The molecule has 1 aliphatic heterocycles. The van der Waals surface area contributed by atoms with Crippen molar-refractivity contribution in [3.05, 3.63) is 46.2 Å². The van der Waals surface area contributed by atoms with Crippen LogP contribution in [0.2, 0.25) is 0 Å². The number of benzene rings is 1. The highest BCUT2D eigenvalue weighted by molar-refractivity contribution is 5.83. The Bertz CT molecular complexity index is 961. The summed E-state index contributed by atoms with van der Waals surface area (Å²) in [4.78, 5) is 41.5. The largest absolute Gasteiger partial charge is 0.341 e. The lowest BCUT2D eigenvalue weighted by molar-refractivity contribution is -0.138. The van der Waals surface area contributed by atoms with Crippen LogP contribution in [-0.2, 0) is 16.1 Å². The lowest BCUT2D eigenvalue weighted by Crippen LogP contribution is -2.42. The van der Waals surface area contributed by atoms with Gasteiger partial charge in [-0.2, -0.15) is 0 Å². The minimum atomic E-state index is -0.0169. The SMILES string of the molecule is Cc1cc(=O)c2ccccc2n1CC(=O)N1CCCN(C(=O)C2CCC2)CC1. The van der Waals surface area contributed by atoms with Gasteiger partial charge in [-0.15, -0.1) is 0 Å². The Morgan fingerprint density at radius 1 is 1.00 bits per heavy atom. The smallest absolute Gasteiger partial charge is 0.242 e. The first-order valence-electron chi connectivity index (χ1n) is 10.2. The highest BCUT2D eigenvalue weighted by atomic mass is 16.2. The Kier molecular flexibility index (Phi) is 5.20. The predicted molar refractivity (Wildman–Crippen MR) is 108 cm³/mol. The number of rotatable bonds is 3. The zero-order valence-corrected chi connectivity index (χ0v) is 16.4. The molecule has 0 unspecified atom stereocenters. The van der Waals surface area contributed by atoms with Gasteiger partial charge in [-0.05, 0) is 38.3 Å². The predicted octanol–water partition coefficient (Wildman–Crippen LogP) is 2.17. The van der Waals surface area contributed by atoms with E-state index < -0.39 is 0 Å². The van der Waals surface area contributed by atoms with Crippen molar-refractivity contribution >= 4 is 22.7 Å². The van der Waals surface area contributed by atoms with Gasteiger partial charge in [0.2, 0.25) is 11.8 Å². The number of hydrogen-bond acceptors (Lipinski definition) is 3. The summed E-state index contributed by atoms with van der Waals surface area (Å²) in [5.41, 5.74) is 1.56. The normalized spacial score (nSPS) is 18.0. The molecule has 1 saturated heterocycles. The van der Waals surface area contributed by atoms with Crippen molar-refractivity contribution in [2.75, 3.05) is 26.2 Å². The summed E-state index contributed by atoms with van der Waals surface area (Å²) in [6.45, 7) is 4.68. The van der Waals surface area contributed by atoms with Crippen LogP contribution in [0.4, 0.5) is 0 Å². The molecule has 0 N–H and O–H groups in total. The standard InChI is InChI=1S/C22H27N3O3/c1-16-14-20(26)18-8-2-3-9-19(18)25(16)15-21(27)23-10-5-11-24(13-12-23)22(28)17-6-4-7-17/h2-3,8-9,14,17H,4-7,10-13,15H2,1H3. The van der Waals surface area contributed by atoms with E-state index in [1.54, 1.807) is 12.1 Å². The summed E-state index contributed by atoms with van der Waals surface area (Å²) in [5, 5.41) is 0.633. The molecule has 0 radical (unpaired) electrons. The lowest BCUT2D eigenvalue weighted by Gasteiger charge is -2.31. The lowest BCUT2D eigenvalue weighted by atomic mass is 9.84. The highest BCUT2D eigenvalue weighted by Gasteiger charge is 2.31. The van der Waals surface area contributed by atoms with Crippen molar-refractivity contribution in [1.29, 1.82) is 0 Å². The van der Waals surface area contributed by atoms with E-state index >= 15 is 0 Å². The van der Waals surface area contributed by atoms with Crippen LogP contribution in [0.15, 0.2) is 35.1 Å². The molecule has 1 aromatic heterocycles. The molecule has 28 heavy (non-hydrogen) atoms. The van der Waals surface area contributed by atoms with Crippen LogP contribution in [0, 0.1) is 12.8 Å². The van der Waals surface area contributed by atoms with Gasteiger partial charge in [-0.3, -0.25) is 14.4 Å². The maximum Gasteiger partial charge on any atom is 0.242 e. The molecule has 2 fully saturated rings. The number of aromatic nitrogens is 1. The molecule has 1 saturated carbocycles. The molecule has 1 aromatic carbocycles. The molecule has 6 nitrogen and oxygen atoms in total.